The quantitative estimate of drug-likeness (QED) is 0.845. The number of hydrogen-bond donors (Lipinski definition) is 1. The topological polar surface area (TPSA) is 58.1 Å². The molecule has 2 atom stereocenters. The van der Waals surface area contributed by atoms with Crippen molar-refractivity contribution in [2.75, 3.05) is 11.9 Å². The SMILES string of the molecule is C=CC[C@@H]1CC=C[C@@H](C)N1C(=O)c1cnc(NCC)nc1. The molecule has 0 spiro atoms. The second-order valence-electron chi connectivity index (χ2n) is 5.12. The fraction of sp³-hybridized carbons (Fsp3) is 0.438. The number of aromatic nitrogens is 2. The highest BCUT2D eigenvalue weighted by Crippen LogP contribution is 2.22. The number of carbonyl (C=O) groups is 1. The molecular formula is C16H22N4O. The van der Waals surface area contributed by atoms with Crippen LogP contribution in [0.5, 0.6) is 0 Å². The number of carbonyl (C=O) groups excluding carboxylic acids is 1. The van der Waals surface area contributed by atoms with Crippen LogP contribution in [0.15, 0.2) is 37.2 Å². The third-order valence-corrected chi connectivity index (χ3v) is 3.56. The Labute approximate surface area is 125 Å². The predicted octanol–water partition coefficient (Wildman–Crippen LogP) is 2.64. The Bertz CT molecular complexity index is 524. The van der Waals surface area contributed by atoms with Gasteiger partial charge in [0, 0.05) is 31.0 Å². The summed E-state index contributed by atoms with van der Waals surface area (Å²) < 4.78 is 0. The monoisotopic (exact) mass is 286 g/mol. The maximum absolute atomic E-state index is 12.7. The van der Waals surface area contributed by atoms with E-state index in [4.69, 9.17) is 0 Å². The summed E-state index contributed by atoms with van der Waals surface area (Å²) in [4.78, 5) is 23.0. The van der Waals surface area contributed by atoms with Crippen molar-refractivity contribution in [3.63, 3.8) is 0 Å². The molecule has 112 valence electrons. The van der Waals surface area contributed by atoms with Crippen molar-refractivity contribution >= 4 is 11.9 Å². The molecule has 0 fully saturated rings. The molecule has 21 heavy (non-hydrogen) atoms. The molecule has 5 nitrogen and oxygen atoms in total. The van der Waals surface area contributed by atoms with E-state index >= 15 is 0 Å². The van der Waals surface area contributed by atoms with Crippen LogP contribution >= 0.6 is 0 Å². The Hall–Kier alpha value is -2.17. The maximum atomic E-state index is 12.7. The summed E-state index contributed by atoms with van der Waals surface area (Å²) in [6.07, 6.45) is 10.9. The normalized spacial score (nSPS) is 21.1. The summed E-state index contributed by atoms with van der Waals surface area (Å²) >= 11 is 0. The molecule has 0 unspecified atom stereocenters. The molecule has 5 heteroatoms. The van der Waals surface area contributed by atoms with E-state index in [-0.39, 0.29) is 18.0 Å². The minimum Gasteiger partial charge on any atom is -0.355 e. The van der Waals surface area contributed by atoms with E-state index in [9.17, 15) is 4.79 Å². The van der Waals surface area contributed by atoms with Crippen molar-refractivity contribution in [3.05, 3.63) is 42.8 Å². The van der Waals surface area contributed by atoms with Gasteiger partial charge in [-0.05, 0) is 26.7 Å². The molecule has 0 saturated carbocycles. The summed E-state index contributed by atoms with van der Waals surface area (Å²) in [7, 11) is 0. The maximum Gasteiger partial charge on any atom is 0.257 e. The lowest BCUT2D eigenvalue weighted by molar-refractivity contribution is 0.0621. The third-order valence-electron chi connectivity index (χ3n) is 3.56. The zero-order chi connectivity index (χ0) is 15.2. The van der Waals surface area contributed by atoms with Crippen molar-refractivity contribution < 1.29 is 4.79 Å². The van der Waals surface area contributed by atoms with Gasteiger partial charge in [0.2, 0.25) is 5.95 Å². The second-order valence-corrected chi connectivity index (χ2v) is 5.12. The van der Waals surface area contributed by atoms with E-state index in [0.29, 0.717) is 11.5 Å². The van der Waals surface area contributed by atoms with Crippen LogP contribution in [0, 0.1) is 0 Å². The smallest absolute Gasteiger partial charge is 0.257 e. The lowest BCUT2D eigenvalue weighted by Gasteiger charge is -2.37. The van der Waals surface area contributed by atoms with Crippen LogP contribution in [0.4, 0.5) is 5.95 Å². The molecular weight excluding hydrogens is 264 g/mol. The van der Waals surface area contributed by atoms with Crippen LogP contribution < -0.4 is 5.32 Å². The number of amides is 1. The first-order valence-electron chi connectivity index (χ1n) is 7.33. The Morgan fingerprint density at radius 3 is 2.86 bits per heavy atom. The van der Waals surface area contributed by atoms with E-state index in [1.807, 2.05) is 24.8 Å². The van der Waals surface area contributed by atoms with Gasteiger partial charge in [0.1, 0.15) is 0 Å². The van der Waals surface area contributed by atoms with Gasteiger partial charge in [0.05, 0.1) is 5.56 Å². The van der Waals surface area contributed by atoms with Gasteiger partial charge >= 0.3 is 0 Å². The highest BCUT2D eigenvalue weighted by Gasteiger charge is 2.29. The Morgan fingerprint density at radius 1 is 1.52 bits per heavy atom. The van der Waals surface area contributed by atoms with Crippen LogP contribution in [0.25, 0.3) is 0 Å². The van der Waals surface area contributed by atoms with Crippen molar-refractivity contribution in [3.8, 4) is 0 Å². The Kier molecular flexibility index (Phi) is 5.09. The zero-order valence-electron chi connectivity index (χ0n) is 12.6. The standard InChI is InChI=1S/C16H22N4O/c1-4-7-14-9-6-8-12(3)20(14)15(21)13-10-18-16(17-5-2)19-11-13/h4,6,8,10-12,14H,1,5,7,9H2,2-3H3,(H,17,18,19)/t12-,14-/m1/s1. The summed E-state index contributed by atoms with van der Waals surface area (Å²) in [6.45, 7) is 8.54. The average Bonchev–Trinajstić information content (AvgIpc) is 2.48. The number of nitrogens with zero attached hydrogens (tertiary/aromatic N) is 3. The zero-order valence-corrected chi connectivity index (χ0v) is 12.6. The molecule has 1 aliphatic heterocycles. The Balaban J connectivity index is 2.19. The minimum atomic E-state index is -0.0262. The molecule has 2 heterocycles. The van der Waals surface area contributed by atoms with Crippen LogP contribution in [0.1, 0.15) is 37.0 Å². The van der Waals surface area contributed by atoms with Crippen LogP contribution in [-0.2, 0) is 0 Å². The molecule has 0 saturated heterocycles. The van der Waals surface area contributed by atoms with Gasteiger partial charge in [-0.1, -0.05) is 18.2 Å². The predicted molar refractivity (Wildman–Crippen MR) is 84.2 cm³/mol. The van der Waals surface area contributed by atoms with Gasteiger partial charge in [-0.15, -0.1) is 6.58 Å². The molecule has 0 aromatic carbocycles. The number of anilines is 1. The highest BCUT2D eigenvalue weighted by atomic mass is 16.2. The van der Waals surface area contributed by atoms with Crippen molar-refractivity contribution in [1.29, 1.82) is 0 Å². The lowest BCUT2D eigenvalue weighted by atomic mass is 9.99. The van der Waals surface area contributed by atoms with Gasteiger partial charge in [-0.3, -0.25) is 4.79 Å². The molecule has 0 aliphatic carbocycles. The number of hydrogen-bond acceptors (Lipinski definition) is 4. The van der Waals surface area contributed by atoms with E-state index in [1.165, 1.54) is 0 Å². The average molecular weight is 286 g/mol. The van der Waals surface area contributed by atoms with Gasteiger partial charge in [-0.2, -0.15) is 0 Å². The van der Waals surface area contributed by atoms with Gasteiger partial charge < -0.3 is 10.2 Å². The number of rotatable bonds is 5. The first-order chi connectivity index (χ1) is 10.2. The molecule has 1 amide bonds. The fourth-order valence-corrected chi connectivity index (χ4v) is 2.56. The molecule has 1 aliphatic rings. The first-order valence-corrected chi connectivity index (χ1v) is 7.33. The number of nitrogens with one attached hydrogen (secondary N) is 1. The van der Waals surface area contributed by atoms with Crippen LogP contribution in [0.3, 0.4) is 0 Å². The van der Waals surface area contributed by atoms with E-state index < -0.39 is 0 Å². The summed E-state index contributed by atoms with van der Waals surface area (Å²) in [5, 5.41) is 3.02. The molecule has 1 aromatic heterocycles. The Morgan fingerprint density at radius 2 is 2.24 bits per heavy atom. The molecule has 2 rings (SSSR count). The third kappa shape index (κ3) is 3.48. The summed E-state index contributed by atoms with van der Waals surface area (Å²) in [5.74, 6) is 0.519. The first kappa shape index (κ1) is 15.2. The largest absolute Gasteiger partial charge is 0.355 e. The van der Waals surface area contributed by atoms with Crippen molar-refractivity contribution in [2.45, 2.75) is 38.8 Å². The van der Waals surface area contributed by atoms with Crippen LogP contribution in [-0.4, -0.2) is 39.4 Å². The van der Waals surface area contributed by atoms with Gasteiger partial charge in [-0.25, -0.2) is 9.97 Å². The molecule has 1 aromatic rings. The van der Waals surface area contributed by atoms with E-state index in [0.717, 1.165) is 19.4 Å². The van der Waals surface area contributed by atoms with E-state index in [1.54, 1.807) is 12.4 Å². The van der Waals surface area contributed by atoms with E-state index in [2.05, 4.69) is 34.0 Å². The lowest BCUT2D eigenvalue weighted by Crippen LogP contribution is -2.46. The van der Waals surface area contributed by atoms with Gasteiger partial charge in [0.25, 0.3) is 5.91 Å². The van der Waals surface area contributed by atoms with Crippen molar-refractivity contribution in [1.82, 2.24) is 14.9 Å². The molecule has 0 radical (unpaired) electrons. The fourth-order valence-electron chi connectivity index (χ4n) is 2.56. The van der Waals surface area contributed by atoms with Gasteiger partial charge in [0.15, 0.2) is 0 Å². The molecule has 0 bridgehead atoms. The molecule has 1 N–H and O–H groups in total. The minimum absolute atomic E-state index is 0.0262. The summed E-state index contributed by atoms with van der Waals surface area (Å²) in [5.41, 5.74) is 0.521. The summed E-state index contributed by atoms with van der Waals surface area (Å²) in [6, 6.07) is 0.230. The van der Waals surface area contributed by atoms with Crippen molar-refractivity contribution in [2.24, 2.45) is 0 Å². The second kappa shape index (κ2) is 7.02. The highest BCUT2D eigenvalue weighted by molar-refractivity contribution is 5.94. The van der Waals surface area contributed by atoms with Crippen LogP contribution in [0.2, 0.25) is 0 Å².